The first-order valence-electron chi connectivity index (χ1n) is 1.88. The summed E-state index contributed by atoms with van der Waals surface area (Å²) in [5, 5.41) is 15.1. The van der Waals surface area contributed by atoms with Crippen molar-refractivity contribution in [2.75, 3.05) is 11.9 Å². The van der Waals surface area contributed by atoms with E-state index in [4.69, 9.17) is 27.7 Å². The predicted octanol–water partition coefficient (Wildman–Crippen LogP) is -2.37. The molecule has 0 radical (unpaired) electrons. The summed E-state index contributed by atoms with van der Waals surface area (Å²) in [5.74, 6) is -1.56. The molecule has 0 bridgehead atoms. The second-order valence-corrected chi connectivity index (χ2v) is 2.60. The molecule has 0 aliphatic rings. The zero-order chi connectivity index (χ0) is 8.57. The topological polar surface area (TPSA) is 121 Å². The summed E-state index contributed by atoms with van der Waals surface area (Å²) in [4.78, 5) is 0. The summed E-state index contributed by atoms with van der Waals surface area (Å²) in [6.45, 7) is 0. The third-order valence-corrected chi connectivity index (χ3v) is 0.632. The van der Waals surface area contributed by atoms with Crippen LogP contribution in [0, 0.1) is 0 Å². The Kier molecular flexibility index (Phi) is 21.6. The molecule has 0 aromatic rings. The summed E-state index contributed by atoms with van der Waals surface area (Å²) in [6, 6.07) is 0. The molecule has 0 aliphatic carbocycles. The Morgan fingerprint density at radius 3 is 1.09 bits per heavy atom. The maximum absolute atomic E-state index is 9.12. The first-order chi connectivity index (χ1) is 4.54. The van der Waals surface area contributed by atoms with Gasteiger partial charge < -0.3 is 19.3 Å². The van der Waals surface area contributed by atoms with Crippen molar-refractivity contribution < 1.29 is 47.2 Å². The molecule has 0 saturated carbocycles. The molecule has 0 aromatic heterocycles. The largest absolute Gasteiger partial charge is 2.00 e. The molecule has 0 fully saturated rings. The Hall–Kier alpha value is 0.763. The third-order valence-electron chi connectivity index (χ3n) is 0.211. The third kappa shape index (κ3) is 36.4. The number of rotatable bonds is 2. The van der Waals surface area contributed by atoms with Gasteiger partial charge in [0.1, 0.15) is 11.9 Å². The minimum atomic E-state index is -2.27. The Morgan fingerprint density at radius 1 is 1.00 bits per heavy atom. The van der Waals surface area contributed by atoms with Crippen LogP contribution in [0.15, 0.2) is 0 Å². The molecule has 9 heteroatoms. The van der Waals surface area contributed by atoms with Crippen LogP contribution in [0.2, 0.25) is 0 Å². The smallest absolute Gasteiger partial charge is 0.771 e. The quantitative estimate of drug-likeness (QED) is 0.420. The molecule has 2 N–H and O–H groups in total. The summed E-state index contributed by atoms with van der Waals surface area (Å²) in [7, 11) is 0. The molecule has 64 valence electrons. The van der Waals surface area contributed by atoms with Gasteiger partial charge in [0.25, 0.3) is 0 Å². The van der Waals surface area contributed by atoms with Gasteiger partial charge in [-0.3, -0.25) is 8.42 Å². The normalized spacial score (nSPS) is 13.5. The van der Waals surface area contributed by atoms with Gasteiger partial charge in [0.2, 0.25) is 0 Å². The van der Waals surface area contributed by atoms with Crippen molar-refractivity contribution in [2.45, 2.75) is 0 Å². The van der Waals surface area contributed by atoms with Gasteiger partial charge in [0.05, 0.1) is 0 Å². The molecular weight excluding hydrogens is 250 g/mol. The van der Waals surface area contributed by atoms with Crippen LogP contribution in [0.4, 0.5) is 0 Å². The number of aliphatic hydroxyl groups is 2. The summed E-state index contributed by atoms with van der Waals surface area (Å²) >= 11 is -4.53. The molecule has 2 unspecified atom stereocenters. The first-order valence-corrected chi connectivity index (χ1v) is 4.36. The van der Waals surface area contributed by atoms with E-state index >= 15 is 0 Å². The molecule has 11 heavy (non-hydrogen) atoms. The van der Waals surface area contributed by atoms with E-state index in [1.165, 1.54) is 0 Å². The summed E-state index contributed by atoms with van der Waals surface area (Å²) in [6.07, 6.45) is 0. The standard InChI is InChI=1S/2CH4O3S.Zn/c2*2-1-5(3)4;/h2*2H,1H2,(H,3,4);/q;;+2/p-2. The monoisotopic (exact) mass is 254 g/mol. The number of hydrogen-bond acceptors (Lipinski definition) is 6. The second kappa shape index (κ2) is 13.4. The number of hydrogen-bond donors (Lipinski definition) is 2. The van der Waals surface area contributed by atoms with Gasteiger partial charge in [0.15, 0.2) is 0 Å². The Labute approximate surface area is 81.3 Å². The fourth-order valence-electron chi connectivity index (χ4n) is 0. The second-order valence-electron chi connectivity index (χ2n) is 0.866. The van der Waals surface area contributed by atoms with Crippen molar-refractivity contribution in [1.29, 1.82) is 0 Å². The zero-order valence-electron chi connectivity index (χ0n) is 5.47. The van der Waals surface area contributed by atoms with Crippen molar-refractivity contribution in [3.63, 3.8) is 0 Å². The van der Waals surface area contributed by atoms with Gasteiger partial charge >= 0.3 is 19.5 Å². The van der Waals surface area contributed by atoms with Crippen LogP contribution in [-0.4, -0.2) is 39.6 Å². The molecule has 0 amide bonds. The fourth-order valence-corrected chi connectivity index (χ4v) is 0. The molecule has 0 heterocycles. The molecule has 0 saturated heterocycles. The Bertz CT molecular complexity index is 103. The van der Waals surface area contributed by atoms with Crippen molar-refractivity contribution in [3.05, 3.63) is 0 Å². The van der Waals surface area contributed by atoms with E-state index in [1.807, 2.05) is 0 Å². The van der Waals surface area contributed by atoms with Crippen molar-refractivity contribution in [2.24, 2.45) is 0 Å². The summed E-state index contributed by atoms with van der Waals surface area (Å²) in [5.41, 5.74) is 0. The Morgan fingerprint density at radius 2 is 1.09 bits per heavy atom. The average molecular weight is 256 g/mol. The summed E-state index contributed by atoms with van der Waals surface area (Å²) < 4.78 is 36.5. The van der Waals surface area contributed by atoms with E-state index in [0.29, 0.717) is 0 Å². The minimum Gasteiger partial charge on any atom is -0.771 e. The average Bonchev–Trinajstić information content (AvgIpc) is 1.89. The molecular formula is C2H6O6S2Zn. The van der Waals surface area contributed by atoms with Crippen LogP contribution in [0.3, 0.4) is 0 Å². The van der Waals surface area contributed by atoms with Crippen molar-refractivity contribution in [3.8, 4) is 0 Å². The van der Waals surface area contributed by atoms with Gasteiger partial charge in [-0.2, -0.15) is 0 Å². The van der Waals surface area contributed by atoms with Crippen LogP contribution in [-0.2, 0) is 41.6 Å². The van der Waals surface area contributed by atoms with Gasteiger partial charge in [-0.25, -0.2) is 0 Å². The van der Waals surface area contributed by atoms with Crippen LogP contribution in [0.5, 0.6) is 0 Å². The predicted molar refractivity (Wildman–Crippen MR) is 32.0 cm³/mol. The fraction of sp³-hybridized carbons (Fsp3) is 1.00. The zero-order valence-corrected chi connectivity index (χ0v) is 10.1. The van der Waals surface area contributed by atoms with Crippen LogP contribution in [0.25, 0.3) is 0 Å². The molecule has 2 atom stereocenters. The van der Waals surface area contributed by atoms with E-state index < -0.39 is 34.0 Å². The Balaban J connectivity index is -0.000000107. The van der Waals surface area contributed by atoms with E-state index in [-0.39, 0.29) is 19.5 Å². The molecule has 0 aliphatic heterocycles. The number of aliphatic hydroxyl groups excluding tert-OH is 2. The molecule has 6 nitrogen and oxygen atoms in total. The minimum absolute atomic E-state index is 0. The van der Waals surface area contributed by atoms with E-state index in [0.717, 1.165) is 0 Å². The van der Waals surface area contributed by atoms with E-state index in [9.17, 15) is 0 Å². The van der Waals surface area contributed by atoms with Crippen molar-refractivity contribution in [1.82, 2.24) is 0 Å². The van der Waals surface area contributed by atoms with E-state index in [1.54, 1.807) is 0 Å². The van der Waals surface area contributed by atoms with Crippen LogP contribution >= 0.6 is 0 Å². The van der Waals surface area contributed by atoms with Crippen molar-refractivity contribution >= 4 is 22.2 Å². The van der Waals surface area contributed by atoms with Crippen LogP contribution < -0.4 is 0 Å². The van der Waals surface area contributed by atoms with Gasteiger partial charge in [-0.15, -0.1) is 0 Å². The molecule has 0 rings (SSSR count). The maximum Gasteiger partial charge on any atom is 2.00 e. The molecule has 0 aromatic carbocycles. The SMILES string of the molecule is O=S([O-])CO.O=S([O-])CO.[Zn+2]. The van der Waals surface area contributed by atoms with Gasteiger partial charge in [-0.05, 0) is 22.2 Å². The van der Waals surface area contributed by atoms with Crippen LogP contribution in [0.1, 0.15) is 0 Å². The van der Waals surface area contributed by atoms with Gasteiger partial charge in [-0.1, -0.05) is 0 Å². The first kappa shape index (κ1) is 17.7. The van der Waals surface area contributed by atoms with Gasteiger partial charge in [0, 0.05) is 0 Å². The molecule has 0 spiro atoms. The maximum atomic E-state index is 9.12. The van der Waals surface area contributed by atoms with E-state index in [2.05, 4.69) is 0 Å².